The van der Waals surface area contributed by atoms with Crippen molar-refractivity contribution in [2.75, 3.05) is 13.1 Å². The number of carbonyl (C=O) groups excluding carboxylic acids is 1. The molecule has 7 heteroatoms. The number of likely N-dealkylation sites (tertiary alicyclic amines) is 1. The first-order chi connectivity index (χ1) is 13.8. The van der Waals surface area contributed by atoms with Crippen molar-refractivity contribution in [1.82, 2.24) is 24.7 Å². The van der Waals surface area contributed by atoms with Gasteiger partial charge in [0.1, 0.15) is 0 Å². The molecule has 0 saturated carbocycles. The number of rotatable bonds is 3. The Bertz CT molecular complexity index is 1110. The number of piperidine rings is 1. The lowest BCUT2D eigenvalue weighted by atomic mass is 10.1. The molecule has 28 heavy (non-hydrogen) atoms. The first-order valence-electron chi connectivity index (χ1n) is 9.44. The molecule has 0 spiro atoms. The van der Waals surface area contributed by atoms with E-state index < -0.39 is 0 Å². The van der Waals surface area contributed by atoms with Crippen molar-refractivity contribution in [1.29, 1.82) is 0 Å². The number of pyridine rings is 1. The Balaban J connectivity index is 1.51. The maximum Gasteiger partial charge on any atom is 0.257 e. The van der Waals surface area contributed by atoms with Gasteiger partial charge in [0.2, 0.25) is 12.2 Å². The molecule has 0 radical (unpaired) electrons. The fourth-order valence-corrected chi connectivity index (χ4v) is 3.75. The van der Waals surface area contributed by atoms with E-state index in [1.807, 2.05) is 51.9 Å². The summed E-state index contributed by atoms with van der Waals surface area (Å²) in [7, 11) is 0. The summed E-state index contributed by atoms with van der Waals surface area (Å²) in [6, 6.07) is 13.8. The van der Waals surface area contributed by atoms with E-state index in [1.54, 1.807) is 6.20 Å². The summed E-state index contributed by atoms with van der Waals surface area (Å²) >= 11 is 0. The van der Waals surface area contributed by atoms with Gasteiger partial charge >= 0.3 is 0 Å². The predicted molar refractivity (Wildman–Crippen MR) is 104 cm³/mol. The minimum Gasteiger partial charge on any atom is -0.342 e. The van der Waals surface area contributed by atoms with Crippen molar-refractivity contribution in [3.8, 4) is 22.6 Å². The Labute approximate surface area is 161 Å². The molecule has 140 valence electrons. The van der Waals surface area contributed by atoms with E-state index in [1.165, 1.54) is 12.8 Å². The van der Waals surface area contributed by atoms with E-state index in [4.69, 9.17) is 4.52 Å². The molecule has 1 saturated heterocycles. The second-order valence-electron chi connectivity index (χ2n) is 6.95. The van der Waals surface area contributed by atoms with E-state index in [-0.39, 0.29) is 5.91 Å². The second kappa shape index (κ2) is 6.92. The standard InChI is InChI=1S/C21H19N5O2/c27-21(25-11-2-1-3-12-25)17-13-23-26-18(5-4-6-19(17)26)15-7-9-16(10-8-15)20-22-14-28-24-20/h4-10,13-14H,1-3,11-12H2. The lowest BCUT2D eigenvalue weighted by molar-refractivity contribution is 0.0726. The smallest absolute Gasteiger partial charge is 0.257 e. The van der Waals surface area contributed by atoms with Gasteiger partial charge in [0.05, 0.1) is 23.0 Å². The van der Waals surface area contributed by atoms with Crippen LogP contribution in [0, 0.1) is 0 Å². The van der Waals surface area contributed by atoms with Crippen LogP contribution in [0.25, 0.3) is 28.2 Å². The minimum atomic E-state index is 0.0688. The molecule has 0 N–H and O–H groups in total. The molecule has 1 fully saturated rings. The van der Waals surface area contributed by atoms with Crippen LogP contribution in [0.5, 0.6) is 0 Å². The summed E-state index contributed by atoms with van der Waals surface area (Å²) in [6.07, 6.45) is 6.34. The van der Waals surface area contributed by atoms with Crippen LogP contribution in [0.3, 0.4) is 0 Å². The van der Waals surface area contributed by atoms with Gasteiger partial charge in [0.15, 0.2) is 0 Å². The fourth-order valence-electron chi connectivity index (χ4n) is 3.75. The van der Waals surface area contributed by atoms with Crippen LogP contribution in [0.15, 0.2) is 59.6 Å². The average molecular weight is 373 g/mol. The van der Waals surface area contributed by atoms with Crippen molar-refractivity contribution in [2.45, 2.75) is 19.3 Å². The quantitative estimate of drug-likeness (QED) is 0.547. The van der Waals surface area contributed by atoms with Crippen LogP contribution < -0.4 is 0 Å². The van der Waals surface area contributed by atoms with Gasteiger partial charge in [-0.2, -0.15) is 10.1 Å². The van der Waals surface area contributed by atoms with Crippen LogP contribution in [0.1, 0.15) is 29.6 Å². The number of amides is 1. The zero-order valence-electron chi connectivity index (χ0n) is 15.3. The highest BCUT2D eigenvalue weighted by molar-refractivity contribution is 6.01. The van der Waals surface area contributed by atoms with Crippen molar-refractivity contribution in [2.24, 2.45) is 0 Å². The third kappa shape index (κ3) is 2.85. The molecule has 1 amide bonds. The van der Waals surface area contributed by atoms with Gasteiger partial charge in [-0.3, -0.25) is 4.79 Å². The highest BCUT2D eigenvalue weighted by Crippen LogP contribution is 2.26. The molecule has 0 aliphatic carbocycles. The summed E-state index contributed by atoms with van der Waals surface area (Å²) in [4.78, 5) is 19.0. The molecule has 4 heterocycles. The van der Waals surface area contributed by atoms with Crippen molar-refractivity contribution < 1.29 is 9.32 Å². The molecular weight excluding hydrogens is 354 g/mol. The lowest BCUT2D eigenvalue weighted by Gasteiger charge is -2.26. The molecule has 0 atom stereocenters. The molecule has 1 aliphatic heterocycles. The number of hydrogen-bond acceptors (Lipinski definition) is 5. The molecule has 0 unspecified atom stereocenters. The Morgan fingerprint density at radius 2 is 1.75 bits per heavy atom. The minimum absolute atomic E-state index is 0.0688. The topological polar surface area (TPSA) is 76.5 Å². The maximum atomic E-state index is 12.9. The molecule has 1 aliphatic rings. The SMILES string of the molecule is O=C(c1cnn2c(-c3ccc(-c4ncon4)cc3)cccc12)N1CCCCC1. The summed E-state index contributed by atoms with van der Waals surface area (Å²) in [5.41, 5.74) is 4.29. The van der Waals surface area contributed by atoms with Crippen LogP contribution in [0.2, 0.25) is 0 Å². The summed E-state index contributed by atoms with van der Waals surface area (Å²) in [5, 5.41) is 8.37. The maximum absolute atomic E-state index is 12.9. The van der Waals surface area contributed by atoms with E-state index in [2.05, 4.69) is 15.2 Å². The monoisotopic (exact) mass is 373 g/mol. The zero-order valence-corrected chi connectivity index (χ0v) is 15.3. The van der Waals surface area contributed by atoms with Crippen molar-refractivity contribution >= 4 is 11.4 Å². The molecule has 0 bridgehead atoms. The zero-order chi connectivity index (χ0) is 18.9. The van der Waals surface area contributed by atoms with Gasteiger partial charge in [-0.05, 0) is 31.4 Å². The fraction of sp³-hybridized carbons (Fsp3) is 0.238. The molecule has 4 aromatic rings. The highest BCUT2D eigenvalue weighted by Gasteiger charge is 2.22. The molecular formula is C21H19N5O2. The number of fused-ring (bicyclic) bond motifs is 1. The number of nitrogens with zero attached hydrogens (tertiary/aromatic N) is 5. The Morgan fingerprint density at radius 1 is 0.964 bits per heavy atom. The van der Waals surface area contributed by atoms with Gasteiger partial charge < -0.3 is 9.42 Å². The van der Waals surface area contributed by atoms with Gasteiger partial charge in [0.25, 0.3) is 5.91 Å². The third-order valence-electron chi connectivity index (χ3n) is 5.22. The Hall–Kier alpha value is -3.48. The summed E-state index contributed by atoms with van der Waals surface area (Å²) < 4.78 is 6.64. The van der Waals surface area contributed by atoms with Gasteiger partial charge in [-0.25, -0.2) is 4.52 Å². The highest BCUT2D eigenvalue weighted by atomic mass is 16.5. The first kappa shape index (κ1) is 16.7. The molecule has 5 rings (SSSR count). The van der Waals surface area contributed by atoms with Gasteiger partial charge in [-0.15, -0.1) is 0 Å². The predicted octanol–water partition coefficient (Wildman–Crippen LogP) is 3.68. The van der Waals surface area contributed by atoms with E-state index >= 15 is 0 Å². The lowest BCUT2D eigenvalue weighted by Crippen LogP contribution is -2.35. The van der Waals surface area contributed by atoms with E-state index in [9.17, 15) is 4.79 Å². The van der Waals surface area contributed by atoms with Gasteiger partial charge in [-0.1, -0.05) is 35.5 Å². The normalized spacial score (nSPS) is 14.5. The average Bonchev–Trinajstić information content (AvgIpc) is 3.44. The Kier molecular flexibility index (Phi) is 4.12. The van der Waals surface area contributed by atoms with Crippen LogP contribution in [-0.4, -0.2) is 43.7 Å². The third-order valence-corrected chi connectivity index (χ3v) is 5.22. The largest absolute Gasteiger partial charge is 0.342 e. The van der Waals surface area contributed by atoms with Crippen LogP contribution >= 0.6 is 0 Å². The summed E-state index contributed by atoms with van der Waals surface area (Å²) in [6.45, 7) is 1.65. The van der Waals surface area contributed by atoms with Crippen LogP contribution in [-0.2, 0) is 0 Å². The second-order valence-corrected chi connectivity index (χ2v) is 6.95. The number of aromatic nitrogens is 4. The molecule has 1 aromatic carbocycles. The van der Waals surface area contributed by atoms with Crippen molar-refractivity contribution in [3.63, 3.8) is 0 Å². The molecule has 3 aromatic heterocycles. The number of hydrogen-bond donors (Lipinski definition) is 0. The van der Waals surface area contributed by atoms with Crippen LogP contribution in [0.4, 0.5) is 0 Å². The summed E-state index contributed by atoms with van der Waals surface area (Å²) in [5.74, 6) is 0.623. The van der Waals surface area contributed by atoms with Gasteiger partial charge in [0, 0.05) is 24.2 Å². The van der Waals surface area contributed by atoms with Crippen molar-refractivity contribution in [3.05, 3.63) is 60.6 Å². The number of benzene rings is 1. The number of carbonyl (C=O) groups is 1. The molecule has 7 nitrogen and oxygen atoms in total. The van der Waals surface area contributed by atoms with E-state index in [0.717, 1.165) is 48.3 Å². The first-order valence-corrected chi connectivity index (χ1v) is 9.44. The van der Waals surface area contributed by atoms with E-state index in [0.29, 0.717) is 11.4 Å². The Morgan fingerprint density at radius 3 is 2.50 bits per heavy atom.